The van der Waals surface area contributed by atoms with Crippen LogP contribution in [0.3, 0.4) is 0 Å². The van der Waals surface area contributed by atoms with Crippen LogP contribution >= 0.6 is 11.3 Å². The summed E-state index contributed by atoms with van der Waals surface area (Å²) >= 11 is 1.57. The van der Waals surface area contributed by atoms with E-state index in [1.54, 1.807) is 11.3 Å². The Labute approximate surface area is 181 Å². The summed E-state index contributed by atoms with van der Waals surface area (Å²) in [6.45, 7) is 4.07. The Morgan fingerprint density at radius 3 is 2.87 bits per heavy atom. The molecule has 6 nitrogen and oxygen atoms in total. The SMILES string of the molecule is CCN(CC(=O)Nc1sc2c(c1C#N)CCCCC2)C[C@@H]1COc2ccccc2O1. The fraction of sp³-hybridized carbons (Fsp3) is 0.478. The first-order valence-corrected chi connectivity index (χ1v) is 11.4. The van der Waals surface area contributed by atoms with E-state index >= 15 is 0 Å². The van der Waals surface area contributed by atoms with Crippen LogP contribution < -0.4 is 14.8 Å². The number of nitrogens with one attached hydrogen (secondary N) is 1. The first-order valence-electron chi connectivity index (χ1n) is 10.6. The number of nitrogens with zero attached hydrogens (tertiary/aromatic N) is 2. The van der Waals surface area contributed by atoms with Crippen molar-refractivity contribution in [1.29, 1.82) is 5.26 Å². The third-order valence-corrected chi connectivity index (χ3v) is 6.84. The van der Waals surface area contributed by atoms with Crippen molar-refractivity contribution >= 4 is 22.2 Å². The highest BCUT2D eigenvalue weighted by Crippen LogP contribution is 2.37. The fourth-order valence-corrected chi connectivity index (χ4v) is 5.32. The van der Waals surface area contributed by atoms with Crippen molar-refractivity contribution in [1.82, 2.24) is 4.90 Å². The van der Waals surface area contributed by atoms with E-state index in [-0.39, 0.29) is 18.6 Å². The van der Waals surface area contributed by atoms with Gasteiger partial charge in [0.25, 0.3) is 0 Å². The number of aryl methyl sites for hydroxylation is 1. The summed E-state index contributed by atoms with van der Waals surface area (Å²) in [5, 5.41) is 13.4. The monoisotopic (exact) mass is 425 g/mol. The number of amides is 1. The van der Waals surface area contributed by atoms with Crippen LogP contribution in [-0.2, 0) is 17.6 Å². The zero-order chi connectivity index (χ0) is 20.9. The van der Waals surface area contributed by atoms with Gasteiger partial charge < -0.3 is 14.8 Å². The Morgan fingerprint density at radius 2 is 2.07 bits per heavy atom. The number of hydrogen-bond acceptors (Lipinski definition) is 6. The average molecular weight is 426 g/mol. The molecule has 2 aliphatic rings. The van der Waals surface area contributed by atoms with E-state index in [2.05, 4.69) is 11.4 Å². The molecule has 0 saturated carbocycles. The maximum Gasteiger partial charge on any atom is 0.239 e. The maximum atomic E-state index is 12.7. The summed E-state index contributed by atoms with van der Waals surface area (Å²) in [4.78, 5) is 16.0. The Balaban J connectivity index is 1.37. The van der Waals surface area contributed by atoms with Gasteiger partial charge in [0.05, 0.1) is 12.1 Å². The minimum atomic E-state index is -0.125. The van der Waals surface area contributed by atoms with Crippen molar-refractivity contribution in [2.45, 2.75) is 45.1 Å². The van der Waals surface area contributed by atoms with Gasteiger partial charge in [-0.3, -0.25) is 9.69 Å². The van der Waals surface area contributed by atoms with E-state index < -0.39 is 0 Å². The Morgan fingerprint density at radius 1 is 1.27 bits per heavy atom. The van der Waals surface area contributed by atoms with Crippen LogP contribution in [-0.4, -0.2) is 43.2 Å². The van der Waals surface area contributed by atoms with Crippen LogP contribution in [0.25, 0.3) is 0 Å². The highest BCUT2D eigenvalue weighted by Gasteiger charge is 2.25. The third-order valence-electron chi connectivity index (χ3n) is 5.63. The second kappa shape index (κ2) is 9.50. The summed E-state index contributed by atoms with van der Waals surface area (Å²) < 4.78 is 11.8. The second-order valence-corrected chi connectivity index (χ2v) is 8.86. The minimum Gasteiger partial charge on any atom is -0.486 e. The second-order valence-electron chi connectivity index (χ2n) is 7.75. The fourth-order valence-electron chi connectivity index (χ4n) is 4.06. The number of para-hydroxylation sites is 2. The number of rotatable bonds is 6. The van der Waals surface area contributed by atoms with Crippen LogP contribution in [0.1, 0.15) is 42.2 Å². The number of hydrogen-bond donors (Lipinski definition) is 1. The van der Waals surface area contributed by atoms with Gasteiger partial charge in [-0.2, -0.15) is 5.26 Å². The zero-order valence-electron chi connectivity index (χ0n) is 17.3. The molecule has 0 unspecified atom stereocenters. The molecule has 2 aromatic rings. The number of ether oxygens (including phenoxy) is 2. The lowest BCUT2D eigenvalue weighted by molar-refractivity contribution is -0.117. The molecule has 1 N–H and O–H groups in total. The molecule has 0 spiro atoms. The molecule has 1 aromatic heterocycles. The van der Waals surface area contributed by atoms with Crippen LogP contribution in [0.2, 0.25) is 0 Å². The maximum absolute atomic E-state index is 12.7. The molecular weight excluding hydrogens is 398 g/mol. The molecule has 1 aliphatic carbocycles. The molecular formula is C23H27N3O3S. The molecule has 0 radical (unpaired) electrons. The summed E-state index contributed by atoms with van der Waals surface area (Å²) in [6.07, 6.45) is 5.29. The largest absolute Gasteiger partial charge is 0.486 e. The number of carbonyl (C=O) groups excluding carboxylic acids is 1. The lowest BCUT2D eigenvalue weighted by Gasteiger charge is -2.30. The summed E-state index contributed by atoms with van der Waals surface area (Å²) in [6, 6.07) is 9.96. The van der Waals surface area contributed by atoms with Gasteiger partial charge >= 0.3 is 0 Å². The highest BCUT2D eigenvalue weighted by atomic mass is 32.1. The predicted octanol–water partition coefficient (Wildman–Crippen LogP) is 3.99. The standard InChI is InChI=1S/C23H27N3O3S/c1-2-26(13-16-15-28-19-9-6-7-10-20(19)29-16)14-22(27)25-23-18(12-24)17-8-4-3-5-11-21(17)30-23/h6-7,9-10,16H,2-5,8,11,13-15H2,1H3,(H,25,27)/t16-/m1/s1. The average Bonchev–Trinajstić information content (AvgIpc) is 2.91. The van der Waals surface area contributed by atoms with E-state index in [4.69, 9.17) is 9.47 Å². The molecule has 1 atom stereocenters. The number of fused-ring (bicyclic) bond motifs is 2. The number of carbonyl (C=O) groups is 1. The summed E-state index contributed by atoms with van der Waals surface area (Å²) in [5.41, 5.74) is 1.81. The zero-order valence-corrected chi connectivity index (χ0v) is 18.1. The molecule has 1 aromatic carbocycles. The van der Waals surface area contributed by atoms with Gasteiger partial charge in [-0.05, 0) is 49.9 Å². The van der Waals surface area contributed by atoms with Crippen molar-refractivity contribution < 1.29 is 14.3 Å². The van der Waals surface area contributed by atoms with Crippen LogP contribution in [0.15, 0.2) is 24.3 Å². The topological polar surface area (TPSA) is 74.6 Å². The highest BCUT2D eigenvalue weighted by molar-refractivity contribution is 7.16. The van der Waals surface area contributed by atoms with Crippen LogP contribution in [0, 0.1) is 11.3 Å². The molecule has 1 aliphatic heterocycles. The number of benzene rings is 1. The van der Waals surface area contributed by atoms with Gasteiger partial charge in [-0.1, -0.05) is 25.5 Å². The van der Waals surface area contributed by atoms with Crippen molar-refractivity contribution in [3.63, 3.8) is 0 Å². The van der Waals surface area contributed by atoms with Crippen LogP contribution in [0.5, 0.6) is 11.5 Å². The predicted molar refractivity (Wildman–Crippen MR) is 117 cm³/mol. The summed E-state index contributed by atoms with van der Waals surface area (Å²) in [7, 11) is 0. The Hall–Kier alpha value is -2.56. The van der Waals surface area contributed by atoms with E-state index in [1.165, 1.54) is 11.3 Å². The van der Waals surface area contributed by atoms with E-state index in [1.807, 2.05) is 36.1 Å². The van der Waals surface area contributed by atoms with Crippen molar-refractivity contribution in [3.05, 3.63) is 40.3 Å². The minimum absolute atomic E-state index is 0.0955. The number of thiophene rings is 1. The van der Waals surface area contributed by atoms with Crippen LogP contribution in [0.4, 0.5) is 5.00 Å². The first-order chi connectivity index (χ1) is 14.7. The Kier molecular flexibility index (Phi) is 6.56. The molecule has 0 fully saturated rings. The molecule has 158 valence electrons. The number of likely N-dealkylation sites (N-methyl/N-ethyl adjacent to an activating group) is 1. The number of nitriles is 1. The van der Waals surface area contributed by atoms with E-state index in [0.717, 1.165) is 49.3 Å². The molecule has 0 bridgehead atoms. The van der Waals surface area contributed by atoms with Gasteiger partial charge in [0, 0.05) is 11.4 Å². The van der Waals surface area contributed by atoms with Gasteiger partial charge in [0.15, 0.2) is 11.5 Å². The smallest absolute Gasteiger partial charge is 0.239 e. The van der Waals surface area contributed by atoms with E-state index in [0.29, 0.717) is 23.7 Å². The molecule has 1 amide bonds. The molecule has 7 heteroatoms. The third kappa shape index (κ3) is 4.61. The molecule has 4 rings (SSSR count). The molecule has 30 heavy (non-hydrogen) atoms. The van der Waals surface area contributed by atoms with Gasteiger partial charge in [0.2, 0.25) is 5.91 Å². The Bertz CT molecular complexity index is 950. The lowest BCUT2D eigenvalue weighted by Crippen LogP contribution is -2.43. The van der Waals surface area contributed by atoms with E-state index in [9.17, 15) is 10.1 Å². The quantitative estimate of drug-likeness (QED) is 0.709. The summed E-state index contributed by atoms with van der Waals surface area (Å²) in [5.74, 6) is 1.41. The van der Waals surface area contributed by atoms with Crippen molar-refractivity contribution in [2.75, 3.05) is 31.6 Å². The van der Waals surface area contributed by atoms with Crippen molar-refractivity contribution in [2.24, 2.45) is 0 Å². The van der Waals surface area contributed by atoms with Crippen molar-refractivity contribution in [3.8, 4) is 17.6 Å². The number of anilines is 1. The molecule has 0 saturated heterocycles. The molecule has 2 heterocycles. The van der Waals surface area contributed by atoms with Gasteiger partial charge in [-0.15, -0.1) is 11.3 Å². The van der Waals surface area contributed by atoms with Gasteiger partial charge in [0.1, 0.15) is 23.8 Å². The lowest BCUT2D eigenvalue weighted by atomic mass is 10.1. The normalized spacial score (nSPS) is 17.7. The van der Waals surface area contributed by atoms with Gasteiger partial charge in [-0.25, -0.2) is 0 Å². The first kappa shape index (κ1) is 20.7.